The van der Waals surface area contributed by atoms with Crippen LogP contribution in [-0.2, 0) is 4.74 Å². The Morgan fingerprint density at radius 2 is 2.47 bits per heavy atom. The third-order valence-corrected chi connectivity index (χ3v) is 3.48. The molecule has 1 saturated heterocycles. The molecule has 0 aliphatic carbocycles. The third-order valence-electron chi connectivity index (χ3n) is 2.92. The zero-order chi connectivity index (χ0) is 12.3. The van der Waals surface area contributed by atoms with E-state index in [9.17, 15) is 0 Å². The van der Waals surface area contributed by atoms with Gasteiger partial charge in [0.25, 0.3) is 0 Å². The van der Waals surface area contributed by atoms with Gasteiger partial charge < -0.3 is 15.0 Å². The van der Waals surface area contributed by atoms with Crippen molar-refractivity contribution in [1.29, 1.82) is 0 Å². The fourth-order valence-electron chi connectivity index (χ4n) is 1.95. The van der Waals surface area contributed by atoms with E-state index in [2.05, 4.69) is 43.0 Å². The van der Waals surface area contributed by atoms with E-state index in [1.54, 1.807) is 6.20 Å². The number of halogens is 1. The second-order valence-corrected chi connectivity index (χ2v) is 4.80. The standard InChI is InChI=1S/C11H17BrN4O/c1-3-8-7-17-5-4-16(8)10-9(12)6-14-11(13-2)15-10/h6,8H,3-5,7H2,1-2H3,(H,13,14,15). The number of hydrogen-bond acceptors (Lipinski definition) is 5. The summed E-state index contributed by atoms with van der Waals surface area (Å²) in [5.41, 5.74) is 0. The lowest BCUT2D eigenvalue weighted by Crippen LogP contribution is -2.45. The van der Waals surface area contributed by atoms with E-state index in [1.807, 2.05) is 7.05 Å². The average molecular weight is 301 g/mol. The summed E-state index contributed by atoms with van der Waals surface area (Å²) in [6.07, 6.45) is 2.83. The predicted octanol–water partition coefficient (Wildman–Crippen LogP) is 1.90. The number of anilines is 2. The Bertz CT molecular complexity index is 388. The maximum absolute atomic E-state index is 5.51. The molecule has 0 spiro atoms. The molecule has 6 heteroatoms. The van der Waals surface area contributed by atoms with Crippen LogP contribution in [0.3, 0.4) is 0 Å². The van der Waals surface area contributed by atoms with E-state index in [1.165, 1.54) is 0 Å². The summed E-state index contributed by atoms with van der Waals surface area (Å²) in [6, 6.07) is 0.389. The minimum Gasteiger partial charge on any atom is -0.377 e. The van der Waals surface area contributed by atoms with E-state index < -0.39 is 0 Å². The summed E-state index contributed by atoms with van der Waals surface area (Å²) in [4.78, 5) is 11.0. The summed E-state index contributed by atoms with van der Waals surface area (Å²) in [5, 5.41) is 2.97. The van der Waals surface area contributed by atoms with E-state index in [4.69, 9.17) is 4.74 Å². The molecule has 1 aliphatic heterocycles. The van der Waals surface area contributed by atoms with Gasteiger partial charge in [0.1, 0.15) is 5.82 Å². The quantitative estimate of drug-likeness (QED) is 0.924. The summed E-state index contributed by atoms with van der Waals surface area (Å²) in [7, 11) is 1.82. The lowest BCUT2D eigenvalue weighted by Gasteiger charge is -2.36. The average Bonchev–Trinajstić information content (AvgIpc) is 2.39. The van der Waals surface area contributed by atoms with Gasteiger partial charge >= 0.3 is 0 Å². The Hall–Kier alpha value is -0.880. The monoisotopic (exact) mass is 300 g/mol. The van der Waals surface area contributed by atoms with Crippen LogP contribution in [0.4, 0.5) is 11.8 Å². The van der Waals surface area contributed by atoms with Gasteiger partial charge in [-0.2, -0.15) is 4.98 Å². The topological polar surface area (TPSA) is 50.3 Å². The fraction of sp³-hybridized carbons (Fsp3) is 0.636. The molecule has 1 aromatic heterocycles. The second-order valence-electron chi connectivity index (χ2n) is 3.95. The third kappa shape index (κ3) is 2.69. The number of aromatic nitrogens is 2. The molecular weight excluding hydrogens is 284 g/mol. The van der Waals surface area contributed by atoms with Crippen LogP contribution < -0.4 is 10.2 Å². The van der Waals surface area contributed by atoms with Crippen LogP contribution in [0, 0.1) is 0 Å². The Morgan fingerprint density at radius 3 is 3.18 bits per heavy atom. The maximum atomic E-state index is 5.51. The van der Waals surface area contributed by atoms with Gasteiger partial charge in [0, 0.05) is 19.8 Å². The first-order valence-electron chi connectivity index (χ1n) is 5.81. The number of ether oxygens (including phenoxy) is 1. The molecule has 0 aromatic carbocycles. The Kier molecular flexibility index (Phi) is 4.17. The SMILES string of the molecule is CCC1COCCN1c1nc(NC)ncc1Br. The lowest BCUT2D eigenvalue weighted by atomic mass is 10.2. The van der Waals surface area contributed by atoms with Crippen molar-refractivity contribution in [2.75, 3.05) is 37.0 Å². The van der Waals surface area contributed by atoms with E-state index in [-0.39, 0.29) is 0 Å². The van der Waals surface area contributed by atoms with Gasteiger partial charge in [-0.25, -0.2) is 4.98 Å². The highest BCUT2D eigenvalue weighted by atomic mass is 79.9. The molecule has 94 valence electrons. The van der Waals surface area contributed by atoms with Gasteiger partial charge in [0.2, 0.25) is 5.95 Å². The van der Waals surface area contributed by atoms with Crippen molar-refractivity contribution in [1.82, 2.24) is 9.97 Å². The Labute approximate surface area is 110 Å². The molecule has 1 aliphatic rings. The molecule has 0 bridgehead atoms. The van der Waals surface area contributed by atoms with Crippen LogP contribution in [0.2, 0.25) is 0 Å². The molecule has 0 saturated carbocycles. The zero-order valence-electron chi connectivity index (χ0n) is 10.1. The van der Waals surface area contributed by atoms with Crippen molar-refractivity contribution >= 4 is 27.7 Å². The van der Waals surface area contributed by atoms with Crippen molar-refractivity contribution in [2.45, 2.75) is 19.4 Å². The van der Waals surface area contributed by atoms with Crippen LogP contribution in [0.5, 0.6) is 0 Å². The van der Waals surface area contributed by atoms with Crippen LogP contribution in [-0.4, -0.2) is 42.8 Å². The first kappa shape index (κ1) is 12.6. The van der Waals surface area contributed by atoms with Crippen LogP contribution in [0.25, 0.3) is 0 Å². The number of nitrogens with one attached hydrogen (secondary N) is 1. The molecular formula is C11H17BrN4O. The zero-order valence-corrected chi connectivity index (χ0v) is 11.7. The van der Waals surface area contributed by atoms with E-state index in [0.717, 1.165) is 36.5 Å². The molecule has 5 nitrogen and oxygen atoms in total. The summed E-state index contributed by atoms with van der Waals surface area (Å²) in [6.45, 7) is 4.56. The van der Waals surface area contributed by atoms with Crippen molar-refractivity contribution in [3.05, 3.63) is 10.7 Å². The normalized spacial score (nSPS) is 20.4. The van der Waals surface area contributed by atoms with Crippen molar-refractivity contribution < 1.29 is 4.74 Å². The van der Waals surface area contributed by atoms with E-state index >= 15 is 0 Å². The highest BCUT2D eigenvalue weighted by molar-refractivity contribution is 9.10. The molecule has 1 fully saturated rings. The van der Waals surface area contributed by atoms with Gasteiger partial charge in [0.15, 0.2) is 0 Å². The van der Waals surface area contributed by atoms with Crippen molar-refractivity contribution in [3.8, 4) is 0 Å². The van der Waals surface area contributed by atoms with Gasteiger partial charge in [-0.1, -0.05) is 6.92 Å². The van der Waals surface area contributed by atoms with Crippen LogP contribution >= 0.6 is 15.9 Å². The summed E-state index contributed by atoms with van der Waals surface area (Å²) in [5.74, 6) is 1.59. The van der Waals surface area contributed by atoms with Gasteiger partial charge in [-0.05, 0) is 22.4 Å². The van der Waals surface area contributed by atoms with E-state index in [0.29, 0.717) is 12.0 Å². The lowest BCUT2D eigenvalue weighted by molar-refractivity contribution is 0.0925. The first-order valence-corrected chi connectivity index (χ1v) is 6.60. The molecule has 1 atom stereocenters. The van der Waals surface area contributed by atoms with Crippen molar-refractivity contribution in [3.63, 3.8) is 0 Å². The van der Waals surface area contributed by atoms with Crippen molar-refractivity contribution in [2.24, 2.45) is 0 Å². The highest BCUT2D eigenvalue weighted by Crippen LogP contribution is 2.27. The molecule has 0 radical (unpaired) electrons. The summed E-state index contributed by atoms with van der Waals surface area (Å²) >= 11 is 3.52. The van der Waals surface area contributed by atoms with Gasteiger partial charge in [-0.3, -0.25) is 0 Å². The molecule has 2 heterocycles. The molecule has 0 amide bonds. The number of nitrogens with zero attached hydrogens (tertiary/aromatic N) is 3. The minimum absolute atomic E-state index is 0.389. The van der Waals surface area contributed by atoms with Crippen LogP contribution in [0.15, 0.2) is 10.7 Å². The number of morpholine rings is 1. The molecule has 1 aromatic rings. The first-order chi connectivity index (χ1) is 8.26. The smallest absolute Gasteiger partial charge is 0.224 e. The minimum atomic E-state index is 0.389. The fourth-order valence-corrected chi connectivity index (χ4v) is 2.37. The van der Waals surface area contributed by atoms with Crippen LogP contribution in [0.1, 0.15) is 13.3 Å². The Balaban J connectivity index is 2.30. The predicted molar refractivity (Wildman–Crippen MR) is 71.5 cm³/mol. The van der Waals surface area contributed by atoms with Gasteiger partial charge in [0.05, 0.1) is 23.7 Å². The maximum Gasteiger partial charge on any atom is 0.224 e. The molecule has 1 unspecified atom stereocenters. The number of rotatable bonds is 3. The second kappa shape index (κ2) is 5.64. The molecule has 2 rings (SSSR count). The van der Waals surface area contributed by atoms with Gasteiger partial charge in [-0.15, -0.1) is 0 Å². The number of hydrogen-bond donors (Lipinski definition) is 1. The Morgan fingerprint density at radius 1 is 1.65 bits per heavy atom. The molecule has 17 heavy (non-hydrogen) atoms. The summed E-state index contributed by atoms with van der Waals surface area (Å²) < 4.78 is 6.43. The molecule has 1 N–H and O–H groups in total. The highest BCUT2D eigenvalue weighted by Gasteiger charge is 2.24. The largest absolute Gasteiger partial charge is 0.377 e.